The van der Waals surface area contributed by atoms with Gasteiger partial charge in [0.25, 0.3) is 0 Å². The Balaban J connectivity index is 1.77. The van der Waals surface area contributed by atoms with Gasteiger partial charge in [0, 0.05) is 29.3 Å². The lowest BCUT2D eigenvalue weighted by Crippen LogP contribution is -2.14. The topological polar surface area (TPSA) is 69.4 Å². The van der Waals surface area contributed by atoms with E-state index >= 15 is 0 Å². The van der Waals surface area contributed by atoms with Gasteiger partial charge in [-0.1, -0.05) is 19.4 Å². The lowest BCUT2D eigenvalue weighted by atomic mass is 10.0. The first-order valence-electron chi connectivity index (χ1n) is 9.81. The minimum atomic E-state index is -0.428. The number of benzene rings is 1. The minimum absolute atomic E-state index is 0.0454. The molecule has 5 heteroatoms. The van der Waals surface area contributed by atoms with Crippen LogP contribution < -0.4 is 5.43 Å². The van der Waals surface area contributed by atoms with Crippen molar-refractivity contribution in [3.63, 3.8) is 0 Å². The first-order chi connectivity index (χ1) is 13.6. The number of hydrogen-bond donors (Lipinski definition) is 0. The summed E-state index contributed by atoms with van der Waals surface area (Å²) in [7, 11) is 0. The molecule has 1 aliphatic rings. The van der Waals surface area contributed by atoms with Crippen molar-refractivity contribution in [3.8, 4) is 0 Å². The highest BCUT2D eigenvalue weighted by Crippen LogP contribution is 2.54. The van der Waals surface area contributed by atoms with E-state index in [2.05, 4.69) is 4.98 Å². The summed E-state index contributed by atoms with van der Waals surface area (Å²) in [5.41, 5.74) is 2.60. The SMILES string of the molecule is CCCc1c(C2CC2c2ccccn2)oc2ccc(C(=O)OCC)cc2c1=O. The fourth-order valence-corrected chi connectivity index (χ4v) is 3.79. The van der Waals surface area contributed by atoms with Crippen LogP contribution in [-0.2, 0) is 11.2 Å². The number of rotatable bonds is 6. The summed E-state index contributed by atoms with van der Waals surface area (Å²) >= 11 is 0. The molecule has 144 valence electrons. The van der Waals surface area contributed by atoms with Gasteiger partial charge in [-0.3, -0.25) is 9.78 Å². The van der Waals surface area contributed by atoms with Gasteiger partial charge in [0.1, 0.15) is 11.3 Å². The lowest BCUT2D eigenvalue weighted by molar-refractivity contribution is 0.0526. The molecular weight excluding hydrogens is 354 g/mol. The summed E-state index contributed by atoms with van der Waals surface area (Å²) in [5.74, 6) is 0.815. The Bertz CT molecular complexity index is 1070. The predicted molar refractivity (Wildman–Crippen MR) is 107 cm³/mol. The van der Waals surface area contributed by atoms with E-state index < -0.39 is 5.97 Å². The Hall–Kier alpha value is -2.95. The molecule has 3 aromatic rings. The molecule has 1 aromatic carbocycles. The summed E-state index contributed by atoms with van der Waals surface area (Å²) in [5, 5.41) is 0.438. The maximum absolute atomic E-state index is 13.2. The molecular formula is C23H23NO4. The summed E-state index contributed by atoms with van der Waals surface area (Å²) in [4.78, 5) is 29.7. The standard InChI is InChI=1S/C23H23NO4/c1-3-7-15-21(25)18-12-14(23(26)27-4-2)9-10-20(18)28-22(15)17-13-16(17)19-8-5-6-11-24-19/h5-6,8-12,16-17H,3-4,7,13H2,1-2H3. The fraction of sp³-hybridized carbons (Fsp3) is 0.348. The van der Waals surface area contributed by atoms with Gasteiger partial charge >= 0.3 is 5.97 Å². The minimum Gasteiger partial charge on any atom is -0.462 e. The average Bonchev–Trinajstić information content (AvgIpc) is 3.51. The highest BCUT2D eigenvalue weighted by molar-refractivity contribution is 5.94. The highest BCUT2D eigenvalue weighted by atomic mass is 16.5. The Morgan fingerprint density at radius 1 is 1.21 bits per heavy atom. The molecule has 0 spiro atoms. The van der Waals surface area contributed by atoms with E-state index in [0.29, 0.717) is 29.6 Å². The van der Waals surface area contributed by atoms with Gasteiger partial charge in [-0.05, 0) is 50.1 Å². The van der Waals surface area contributed by atoms with Crippen molar-refractivity contribution >= 4 is 16.9 Å². The number of fused-ring (bicyclic) bond motifs is 1. The van der Waals surface area contributed by atoms with Gasteiger partial charge in [-0.15, -0.1) is 0 Å². The zero-order chi connectivity index (χ0) is 19.7. The van der Waals surface area contributed by atoms with Gasteiger partial charge in [0.05, 0.1) is 17.6 Å². The van der Waals surface area contributed by atoms with E-state index in [4.69, 9.17) is 9.15 Å². The van der Waals surface area contributed by atoms with Crippen LogP contribution in [0.5, 0.6) is 0 Å². The van der Waals surface area contributed by atoms with Crippen molar-refractivity contribution in [3.05, 3.63) is 75.4 Å². The smallest absolute Gasteiger partial charge is 0.338 e. The van der Waals surface area contributed by atoms with E-state index in [0.717, 1.165) is 29.9 Å². The monoisotopic (exact) mass is 377 g/mol. The molecule has 0 amide bonds. The molecule has 4 rings (SSSR count). The second kappa shape index (κ2) is 7.58. The van der Waals surface area contributed by atoms with Crippen LogP contribution in [-0.4, -0.2) is 17.6 Å². The van der Waals surface area contributed by atoms with Crippen LogP contribution in [0.4, 0.5) is 0 Å². The predicted octanol–water partition coefficient (Wildman–Crippen LogP) is 4.59. The van der Waals surface area contributed by atoms with E-state index in [-0.39, 0.29) is 17.3 Å². The third-order valence-electron chi connectivity index (χ3n) is 5.22. The third-order valence-corrected chi connectivity index (χ3v) is 5.22. The number of hydrogen-bond acceptors (Lipinski definition) is 5. The Morgan fingerprint density at radius 2 is 2.07 bits per heavy atom. The normalized spacial score (nSPS) is 18.2. The van der Waals surface area contributed by atoms with Crippen molar-refractivity contribution in [1.82, 2.24) is 4.98 Å². The Kier molecular flexibility index (Phi) is 4.99. The number of pyridine rings is 1. The zero-order valence-electron chi connectivity index (χ0n) is 16.1. The van der Waals surface area contributed by atoms with E-state index in [1.807, 2.05) is 25.1 Å². The molecule has 2 aromatic heterocycles. The molecule has 5 nitrogen and oxygen atoms in total. The fourth-order valence-electron chi connectivity index (χ4n) is 3.79. The molecule has 0 N–H and O–H groups in total. The Morgan fingerprint density at radius 3 is 2.79 bits per heavy atom. The van der Waals surface area contributed by atoms with Crippen LogP contribution in [0.3, 0.4) is 0 Å². The van der Waals surface area contributed by atoms with Crippen LogP contribution in [0.1, 0.15) is 65.9 Å². The number of carbonyl (C=O) groups is 1. The van der Waals surface area contributed by atoms with Gasteiger partial charge < -0.3 is 9.15 Å². The van der Waals surface area contributed by atoms with E-state index in [1.54, 1.807) is 31.3 Å². The molecule has 0 bridgehead atoms. The molecule has 0 aliphatic heterocycles. The molecule has 0 saturated heterocycles. The second-order valence-electron chi connectivity index (χ2n) is 7.16. The van der Waals surface area contributed by atoms with Crippen LogP contribution in [0.2, 0.25) is 0 Å². The van der Waals surface area contributed by atoms with Gasteiger partial charge in [0.15, 0.2) is 5.43 Å². The molecule has 1 fully saturated rings. The molecule has 2 atom stereocenters. The van der Waals surface area contributed by atoms with E-state index in [1.165, 1.54) is 0 Å². The largest absolute Gasteiger partial charge is 0.462 e. The number of carbonyl (C=O) groups excluding carboxylic acids is 1. The van der Waals surface area contributed by atoms with Crippen molar-refractivity contribution in [1.29, 1.82) is 0 Å². The quantitative estimate of drug-likeness (QED) is 0.588. The number of ether oxygens (including phenoxy) is 1. The van der Waals surface area contributed by atoms with Crippen molar-refractivity contribution in [2.45, 2.75) is 44.9 Å². The maximum Gasteiger partial charge on any atom is 0.338 e. The van der Waals surface area contributed by atoms with Crippen LogP contribution in [0.15, 0.2) is 51.8 Å². The molecule has 0 radical (unpaired) electrons. The maximum atomic E-state index is 13.2. The first-order valence-corrected chi connectivity index (χ1v) is 9.81. The average molecular weight is 377 g/mol. The van der Waals surface area contributed by atoms with Crippen LogP contribution in [0, 0.1) is 0 Å². The summed E-state index contributed by atoms with van der Waals surface area (Å²) in [6.07, 6.45) is 4.23. The van der Waals surface area contributed by atoms with E-state index in [9.17, 15) is 9.59 Å². The van der Waals surface area contributed by atoms with Crippen molar-refractivity contribution in [2.24, 2.45) is 0 Å². The summed E-state index contributed by atoms with van der Waals surface area (Å²) in [6.45, 7) is 4.10. The summed E-state index contributed by atoms with van der Waals surface area (Å²) < 4.78 is 11.3. The van der Waals surface area contributed by atoms with Gasteiger partial charge in [-0.25, -0.2) is 4.79 Å². The highest BCUT2D eigenvalue weighted by Gasteiger charge is 2.44. The lowest BCUT2D eigenvalue weighted by Gasteiger charge is -2.10. The first kappa shape index (κ1) is 18.4. The molecule has 1 aliphatic carbocycles. The molecule has 1 saturated carbocycles. The summed E-state index contributed by atoms with van der Waals surface area (Å²) in [6, 6.07) is 10.8. The number of esters is 1. The number of nitrogens with zero attached hydrogens (tertiary/aromatic N) is 1. The molecule has 28 heavy (non-hydrogen) atoms. The third kappa shape index (κ3) is 3.33. The second-order valence-corrected chi connectivity index (χ2v) is 7.16. The molecule has 2 heterocycles. The number of aromatic nitrogens is 1. The van der Waals surface area contributed by atoms with Gasteiger partial charge in [-0.2, -0.15) is 0 Å². The Labute approximate surface area is 163 Å². The van der Waals surface area contributed by atoms with Gasteiger partial charge in [0.2, 0.25) is 0 Å². The van der Waals surface area contributed by atoms with Crippen molar-refractivity contribution in [2.75, 3.05) is 6.61 Å². The molecule has 2 unspecified atom stereocenters. The van der Waals surface area contributed by atoms with Crippen LogP contribution in [0.25, 0.3) is 11.0 Å². The zero-order valence-corrected chi connectivity index (χ0v) is 16.1. The van der Waals surface area contributed by atoms with Crippen molar-refractivity contribution < 1.29 is 13.9 Å². The van der Waals surface area contributed by atoms with Crippen LogP contribution >= 0.6 is 0 Å².